The number of aryl methyl sites for hydroxylation is 1. The van der Waals surface area contributed by atoms with Crippen LogP contribution in [-0.2, 0) is 4.75 Å². The second-order valence-electron chi connectivity index (χ2n) is 9.19. The Kier molecular flexibility index (Phi) is 8.04. The summed E-state index contributed by atoms with van der Waals surface area (Å²) in [4.78, 5) is 13.6. The minimum Gasteiger partial charge on any atom is -0.376 e. The van der Waals surface area contributed by atoms with Crippen LogP contribution in [0.4, 0.5) is 26.3 Å². The van der Waals surface area contributed by atoms with Gasteiger partial charge in [0.25, 0.3) is 5.91 Å². The SMILES string of the molecule is Cc1cc(C2=NSC(c3cc(Cl)cc(Cl)c3)(C(F)(F)F)C2)ccc1C(=O)NC1CCN(CC(F)(F)F)C1O. The van der Waals surface area contributed by atoms with E-state index in [1.807, 2.05) is 0 Å². The minimum atomic E-state index is -4.69. The Labute approximate surface area is 228 Å². The Morgan fingerprint density at radius 2 is 1.82 bits per heavy atom. The van der Waals surface area contributed by atoms with E-state index in [-0.39, 0.29) is 39.8 Å². The average Bonchev–Trinajstić information content (AvgIpc) is 3.38. The molecule has 38 heavy (non-hydrogen) atoms. The van der Waals surface area contributed by atoms with Crippen molar-refractivity contribution in [3.8, 4) is 0 Å². The van der Waals surface area contributed by atoms with Gasteiger partial charge in [-0.1, -0.05) is 29.3 Å². The molecular formula is C24H21Cl2F6N3O2S. The van der Waals surface area contributed by atoms with Crippen LogP contribution < -0.4 is 5.32 Å². The quantitative estimate of drug-likeness (QED) is 0.313. The molecule has 206 valence electrons. The van der Waals surface area contributed by atoms with E-state index in [2.05, 4.69) is 9.71 Å². The Morgan fingerprint density at radius 3 is 2.39 bits per heavy atom. The molecular weight excluding hydrogens is 579 g/mol. The van der Waals surface area contributed by atoms with Crippen LogP contribution in [0.3, 0.4) is 0 Å². The lowest BCUT2D eigenvalue weighted by Crippen LogP contribution is -2.47. The lowest BCUT2D eigenvalue weighted by Gasteiger charge is -2.30. The lowest BCUT2D eigenvalue weighted by atomic mass is 9.89. The molecule has 0 aliphatic carbocycles. The molecule has 2 heterocycles. The molecule has 2 aliphatic rings. The van der Waals surface area contributed by atoms with Gasteiger partial charge >= 0.3 is 12.4 Å². The van der Waals surface area contributed by atoms with Crippen molar-refractivity contribution >= 4 is 46.8 Å². The van der Waals surface area contributed by atoms with Crippen molar-refractivity contribution in [1.29, 1.82) is 0 Å². The van der Waals surface area contributed by atoms with Crippen LogP contribution in [-0.4, -0.2) is 59.3 Å². The number of benzene rings is 2. The number of alkyl halides is 6. The highest BCUT2D eigenvalue weighted by atomic mass is 35.5. The van der Waals surface area contributed by atoms with E-state index < -0.39 is 48.2 Å². The predicted molar refractivity (Wildman–Crippen MR) is 134 cm³/mol. The fourth-order valence-electron chi connectivity index (χ4n) is 4.58. The van der Waals surface area contributed by atoms with Gasteiger partial charge in [-0.3, -0.25) is 9.69 Å². The zero-order chi connectivity index (χ0) is 28.0. The van der Waals surface area contributed by atoms with E-state index in [1.54, 1.807) is 6.92 Å². The van der Waals surface area contributed by atoms with Crippen LogP contribution >= 0.6 is 35.1 Å². The summed E-state index contributed by atoms with van der Waals surface area (Å²) in [6, 6.07) is 7.23. The summed E-state index contributed by atoms with van der Waals surface area (Å²) in [7, 11) is 0. The number of nitrogens with one attached hydrogen (secondary N) is 1. The zero-order valence-electron chi connectivity index (χ0n) is 19.6. The van der Waals surface area contributed by atoms with Gasteiger partial charge in [-0.2, -0.15) is 26.3 Å². The number of hydrogen-bond donors (Lipinski definition) is 2. The number of carbonyl (C=O) groups excluding carboxylic acids is 1. The molecule has 2 aromatic rings. The highest BCUT2D eigenvalue weighted by molar-refractivity contribution is 7.99. The zero-order valence-corrected chi connectivity index (χ0v) is 22.0. The number of halogens is 8. The first-order valence-corrected chi connectivity index (χ1v) is 12.8. The Morgan fingerprint density at radius 1 is 1.16 bits per heavy atom. The summed E-state index contributed by atoms with van der Waals surface area (Å²) < 4.78 is 82.7. The van der Waals surface area contributed by atoms with E-state index >= 15 is 0 Å². The number of carbonyl (C=O) groups is 1. The van der Waals surface area contributed by atoms with Crippen LogP contribution in [0.1, 0.15) is 39.9 Å². The molecule has 3 atom stereocenters. The van der Waals surface area contributed by atoms with Gasteiger partial charge in [0.2, 0.25) is 0 Å². The molecule has 1 saturated heterocycles. The first-order valence-electron chi connectivity index (χ1n) is 11.3. The first kappa shape index (κ1) is 29.0. The Bertz CT molecular complexity index is 1250. The summed E-state index contributed by atoms with van der Waals surface area (Å²) in [6.07, 6.45) is -11.0. The van der Waals surface area contributed by atoms with Gasteiger partial charge in [0.1, 0.15) is 6.23 Å². The minimum absolute atomic E-state index is 0.0418. The molecule has 1 fully saturated rings. The van der Waals surface area contributed by atoms with Crippen molar-refractivity contribution in [3.05, 3.63) is 68.7 Å². The number of hydrogen-bond acceptors (Lipinski definition) is 5. The molecule has 1 amide bonds. The van der Waals surface area contributed by atoms with Gasteiger partial charge in [-0.15, -0.1) is 0 Å². The number of aliphatic hydroxyl groups excluding tert-OH is 1. The largest absolute Gasteiger partial charge is 0.409 e. The van der Waals surface area contributed by atoms with E-state index in [4.69, 9.17) is 23.2 Å². The molecule has 2 N–H and O–H groups in total. The predicted octanol–water partition coefficient (Wildman–Crippen LogP) is 6.29. The third-order valence-corrected chi connectivity index (χ3v) is 8.15. The molecule has 0 saturated carbocycles. The van der Waals surface area contributed by atoms with E-state index in [0.717, 1.165) is 4.90 Å². The van der Waals surface area contributed by atoms with Crippen LogP contribution in [0.2, 0.25) is 10.0 Å². The molecule has 4 rings (SSSR count). The maximum absolute atomic E-state index is 14.3. The third-order valence-electron chi connectivity index (χ3n) is 6.48. The van der Waals surface area contributed by atoms with Gasteiger partial charge < -0.3 is 10.4 Å². The summed E-state index contributed by atoms with van der Waals surface area (Å²) in [6.45, 7) is 0.241. The number of likely N-dealkylation sites (tertiary alicyclic amines) is 1. The lowest BCUT2D eigenvalue weighted by molar-refractivity contribution is -0.161. The highest BCUT2D eigenvalue weighted by Crippen LogP contribution is 2.57. The van der Waals surface area contributed by atoms with E-state index in [1.165, 1.54) is 36.4 Å². The smallest absolute Gasteiger partial charge is 0.376 e. The van der Waals surface area contributed by atoms with Crippen molar-refractivity contribution in [1.82, 2.24) is 10.2 Å². The Hall–Kier alpha value is -1.99. The second-order valence-corrected chi connectivity index (χ2v) is 11.1. The number of rotatable bonds is 5. The average molecular weight is 600 g/mol. The highest BCUT2D eigenvalue weighted by Gasteiger charge is 2.60. The van der Waals surface area contributed by atoms with Crippen molar-refractivity contribution in [3.63, 3.8) is 0 Å². The molecule has 0 bridgehead atoms. The van der Waals surface area contributed by atoms with Gasteiger partial charge in [-0.05, 0) is 72.3 Å². The summed E-state index contributed by atoms with van der Waals surface area (Å²) in [5, 5.41) is 12.9. The second kappa shape index (κ2) is 10.5. The number of amides is 1. The Balaban J connectivity index is 1.50. The summed E-state index contributed by atoms with van der Waals surface area (Å²) in [5.74, 6) is -0.618. The molecule has 3 unspecified atom stereocenters. The van der Waals surface area contributed by atoms with Crippen molar-refractivity contribution < 1.29 is 36.2 Å². The third kappa shape index (κ3) is 5.94. The molecule has 0 spiro atoms. The molecule has 0 radical (unpaired) electrons. The standard InChI is InChI=1S/C24H21Cl2F6N3O2S/c1-12-6-13(2-3-17(12)20(36)33-18-4-5-35(21(18)37)11-23(27,28)29)19-10-22(38-34-19,24(30,31)32)14-7-15(25)9-16(26)8-14/h2-3,6-9,18,21,37H,4-5,10-11H2,1H3,(H,33,36). The van der Waals surface area contributed by atoms with Gasteiger partial charge in [0.05, 0.1) is 18.3 Å². The topological polar surface area (TPSA) is 64.9 Å². The van der Waals surface area contributed by atoms with Gasteiger partial charge in [-0.25, -0.2) is 4.40 Å². The van der Waals surface area contributed by atoms with Gasteiger partial charge in [0.15, 0.2) is 4.75 Å². The maximum atomic E-state index is 14.3. The normalized spacial score (nSPS) is 24.5. The maximum Gasteiger partial charge on any atom is 0.409 e. The molecule has 5 nitrogen and oxygen atoms in total. The molecule has 2 aromatic carbocycles. The first-order chi connectivity index (χ1) is 17.6. The fraction of sp³-hybridized carbons (Fsp3) is 0.417. The summed E-state index contributed by atoms with van der Waals surface area (Å²) in [5.41, 5.74) is 0.997. The van der Waals surface area contributed by atoms with E-state index in [0.29, 0.717) is 23.1 Å². The number of aliphatic hydroxyl groups is 1. The van der Waals surface area contributed by atoms with Crippen LogP contribution in [0.25, 0.3) is 0 Å². The molecule has 14 heteroatoms. The monoisotopic (exact) mass is 599 g/mol. The van der Waals surface area contributed by atoms with E-state index in [9.17, 15) is 36.2 Å². The van der Waals surface area contributed by atoms with Gasteiger partial charge in [0, 0.05) is 28.6 Å². The number of nitrogens with zero attached hydrogens (tertiary/aromatic N) is 2. The summed E-state index contributed by atoms with van der Waals surface area (Å²) >= 11 is 12.3. The van der Waals surface area contributed by atoms with Crippen molar-refractivity contribution in [2.24, 2.45) is 4.40 Å². The molecule has 2 aliphatic heterocycles. The van der Waals surface area contributed by atoms with Crippen LogP contribution in [0.5, 0.6) is 0 Å². The van der Waals surface area contributed by atoms with Crippen molar-refractivity contribution in [2.75, 3.05) is 13.1 Å². The van der Waals surface area contributed by atoms with Crippen LogP contribution in [0, 0.1) is 6.92 Å². The molecule has 0 aromatic heterocycles. The van der Waals surface area contributed by atoms with Crippen LogP contribution in [0.15, 0.2) is 40.8 Å². The fourth-order valence-corrected chi connectivity index (χ4v) is 6.07. The van der Waals surface area contributed by atoms with Crippen molar-refractivity contribution in [2.45, 2.75) is 49.1 Å².